The van der Waals surface area contributed by atoms with Crippen LogP contribution in [0.3, 0.4) is 0 Å². The largest absolute Gasteiger partial charge is 0.495 e. The molecule has 2 fully saturated rings. The zero-order valence-corrected chi connectivity index (χ0v) is 18.7. The fraction of sp³-hybridized carbons (Fsp3) is 0.560. The molecular formula is C25H36N4O2. The third-order valence-corrected chi connectivity index (χ3v) is 6.80. The molecule has 168 valence electrons. The fourth-order valence-electron chi connectivity index (χ4n) is 4.95. The van der Waals surface area contributed by atoms with Crippen LogP contribution in [-0.4, -0.2) is 68.3 Å². The molecule has 2 aliphatic heterocycles. The molecule has 0 spiro atoms. The van der Waals surface area contributed by atoms with Crippen LogP contribution in [0.4, 0.5) is 5.69 Å². The molecule has 1 saturated carbocycles. The van der Waals surface area contributed by atoms with Crippen molar-refractivity contribution in [1.29, 1.82) is 0 Å². The van der Waals surface area contributed by atoms with Gasteiger partial charge >= 0.3 is 0 Å². The zero-order chi connectivity index (χ0) is 21.5. The van der Waals surface area contributed by atoms with Crippen LogP contribution < -0.4 is 15.0 Å². The second-order valence-electron chi connectivity index (χ2n) is 8.72. The van der Waals surface area contributed by atoms with E-state index >= 15 is 0 Å². The maximum Gasteiger partial charge on any atom is 0.227 e. The molecule has 1 atom stereocenters. The van der Waals surface area contributed by atoms with Gasteiger partial charge in [0.1, 0.15) is 11.9 Å². The number of anilines is 1. The topological polar surface area (TPSA) is 48.1 Å². The van der Waals surface area contributed by atoms with Gasteiger partial charge in [0, 0.05) is 45.2 Å². The third-order valence-electron chi connectivity index (χ3n) is 6.80. The van der Waals surface area contributed by atoms with Crippen LogP contribution in [0.25, 0.3) is 0 Å². The SMILES string of the molecule is COc1ccccc1N1CCN(CCN(C(=O)C2CCCCC2)C2C=CC=CN2)CC1. The van der Waals surface area contributed by atoms with E-state index in [0.717, 1.165) is 57.9 Å². The molecule has 1 aromatic rings. The second kappa shape index (κ2) is 10.7. The first-order chi connectivity index (χ1) is 15.3. The van der Waals surface area contributed by atoms with Crippen molar-refractivity contribution in [2.24, 2.45) is 5.92 Å². The molecule has 31 heavy (non-hydrogen) atoms. The van der Waals surface area contributed by atoms with Gasteiger partial charge in [-0.3, -0.25) is 9.69 Å². The number of nitrogens with one attached hydrogen (secondary N) is 1. The van der Waals surface area contributed by atoms with Crippen molar-refractivity contribution in [3.8, 4) is 5.75 Å². The summed E-state index contributed by atoms with van der Waals surface area (Å²) >= 11 is 0. The lowest BCUT2D eigenvalue weighted by atomic mass is 9.88. The highest BCUT2D eigenvalue weighted by Crippen LogP contribution is 2.29. The van der Waals surface area contributed by atoms with Gasteiger partial charge in [-0.25, -0.2) is 0 Å². The molecule has 1 saturated heterocycles. The minimum atomic E-state index is -0.0331. The van der Waals surface area contributed by atoms with Crippen LogP contribution in [-0.2, 0) is 4.79 Å². The second-order valence-corrected chi connectivity index (χ2v) is 8.72. The number of carbonyl (C=O) groups is 1. The smallest absolute Gasteiger partial charge is 0.227 e. The summed E-state index contributed by atoms with van der Waals surface area (Å²) in [5, 5.41) is 3.37. The van der Waals surface area contributed by atoms with Crippen molar-refractivity contribution in [1.82, 2.24) is 15.1 Å². The van der Waals surface area contributed by atoms with E-state index < -0.39 is 0 Å². The highest BCUT2D eigenvalue weighted by atomic mass is 16.5. The number of nitrogens with zero attached hydrogens (tertiary/aromatic N) is 3. The molecule has 0 radical (unpaired) electrons. The van der Waals surface area contributed by atoms with Crippen LogP contribution >= 0.6 is 0 Å². The van der Waals surface area contributed by atoms with Crippen molar-refractivity contribution in [2.45, 2.75) is 38.3 Å². The van der Waals surface area contributed by atoms with E-state index in [1.165, 1.54) is 24.9 Å². The Hall–Kier alpha value is -2.47. The number of dihydropyridines is 1. The molecule has 6 heteroatoms. The third kappa shape index (κ3) is 5.42. The van der Waals surface area contributed by atoms with Gasteiger partial charge in [0.05, 0.1) is 12.8 Å². The quantitative estimate of drug-likeness (QED) is 0.728. The van der Waals surface area contributed by atoms with Crippen molar-refractivity contribution in [3.05, 3.63) is 48.7 Å². The molecule has 2 heterocycles. The molecule has 1 aromatic carbocycles. The minimum Gasteiger partial charge on any atom is -0.495 e. The zero-order valence-electron chi connectivity index (χ0n) is 18.7. The molecule has 4 rings (SSSR count). The number of hydrogen-bond acceptors (Lipinski definition) is 5. The lowest BCUT2D eigenvalue weighted by Crippen LogP contribution is -2.53. The summed E-state index contributed by atoms with van der Waals surface area (Å²) in [7, 11) is 1.73. The van der Waals surface area contributed by atoms with Crippen LogP contribution in [0.5, 0.6) is 5.75 Å². The summed E-state index contributed by atoms with van der Waals surface area (Å²) in [4.78, 5) is 20.3. The van der Waals surface area contributed by atoms with E-state index in [-0.39, 0.29) is 12.1 Å². The van der Waals surface area contributed by atoms with E-state index in [2.05, 4.69) is 38.2 Å². The normalized spacial score (nSPS) is 22.2. The number of amides is 1. The van der Waals surface area contributed by atoms with Gasteiger partial charge in [-0.2, -0.15) is 0 Å². The number of para-hydroxylation sites is 2. The monoisotopic (exact) mass is 424 g/mol. The van der Waals surface area contributed by atoms with Gasteiger partial charge in [-0.1, -0.05) is 37.5 Å². The average Bonchev–Trinajstić information content (AvgIpc) is 2.85. The standard InChI is InChI=1S/C25H36N4O2/c1-31-23-12-6-5-11-22(23)28-18-15-27(16-19-28)17-20-29(24-13-7-8-14-26-24)25(30)21-9-3-2-4-10-21/h5-8,11-14,21,24,26H,2-4,9-10,15-20H2,1H3. The van der Waals surface area contributed by atoms with E-state index in [0.29, 0.717) is 5.91 Å². The van der Waals surface area contributed by atoms with Gasteiger partial charge in [-0.05, 0) is 43.3 Å². The number of hydrogen-bond donors (Lipinski definition) is 1. The maximum absolute atomic E-state index is 13.4. The molecule has 0 bridgehead atoms. The van der Waals surface area contributed by atoms with Gasteiger partial charge in [-0.15, -0.1) is 0 Å². The van der Waals surface area contributed by atoms with Crippen molar-refractivity contribution >= 4 is 11.6 Å². The molecule has 0 aromatic heterocycles. The Morgan fingerprint density at radius 1 is 1.10 bits per heavy atom. The number of piperazine rings is 1. The lowest BCUT2D eigenvalue weighted by molar-refractivity contribution is -0.138. The van der Waals surface area contributed by atoms with Crippen molar-refractivity contribution < 1.29 is 9.53 Å². The van der Waals surface area contributed by atoms with E-state index in [1.807, 2.05) is 30.5 Å². The highest BCUT2D eigenvalue weighted by molar-refractivity contribution is 5.79. The van der Waals surface area contributed by atoms with Crippen molar-refractivity contribution in [3.63, 3.8) is 0 Å². The Bertz CT molecular complexity index is 779. The Labute approximate surface area is 186 Å². The predicted molar refractivity (Wildman–Crippen MR) is 125 cm³/mol. The van der Waals surface area contributed by atoms with Crippen LogP contribution in [0.15, 0.2) is 48.7 Å². The summed E-state index contributed by atoms with van der Waals surface area (Å²) in [6.45, 7) is 5.62. The molecule has 3 aliphatic rings. The first-order valence-corrected chi connectivity index (χ1v) is 11.8. The molecule has 6 nitrogen and oxygen atoms in total. The number of rotatable bonds is 7. The summed E-state index contributed by atoms with van der Waals surface area (Å²) < 4.78 is 5.54. The number of allylic oxidation sites excluding steroid dienone is 2. The van der Waals surface area contributed by atoms with Crippen molar-refractivity contribution in [2.75, 3.05) is 51.3 Å². The fourth-order valence-corrected chi connectivity index (χ4v) is 4.95. The summed E-state index contributed by atoms with van der Waals surface area (Å²) in [6, 6.07) is 8.24. The number of ether oxygens (including phenoxy) is 1. The van der Waals surface area contributed by atoms with E-state index in [1.54, 1.807) is 7.11 Å². The number of methoxy groups -OCH3 is 1. The van der Waals surface area contributed by atoms with Crippen LogP contribution in [0.2, 0.25) is 0 Å². The molecule has 1 unspecified atom stereocenters. The summed E-state index contributed by atoms with van der Waals surface area (Å²) in [5.74, 6) is 1.45. The van der Waals surface area contributed by atoms with Gasteiger partial charge in [0.15, 0.2) is 0 Å². The number of carbonyl (C=O) groups excluding carboxylic acids is 1. The van der Waals surface area contributed by atoms with Gasteiger partial charge < -0.3 is 19.9 Å². The summed E-state index contributed by atoms with van der Waals surface area (Å²) in [6.07, 6.45) is 13.7. The van der Waals surface area contributed by atoms with Gasteiger partial charge in [0.2, 0.25) is 5.91 Å². The van der Waals surface area contributed by atoms with Crippen LogP contribution in [0, 0.1) is 5.92 Å². The molecular weight excluding hydrogens is 388 g/mol. The predicted octanol–water partition coefficient (Wildman–Crippen LogP) is 3.23. The Morgan fingerprint density at radius 2 is 1.87 bits per heavy atom. The molecule has 1 amide bonds. The minimum absolute atomic E-state index is 0.0331. The van der Waals surface area contributed by atoms with Gasteiger partial charge in [0.25, 0.3) is 0 Å². The van der Waals surface area contributed by atoms with Crippen LogP contribution in [0.1, 0.15) is 32.1 Å². The van der Waals surface area contributed by atoms with E-state index in [4.69, 9.17) is 4.74 Å². The average molecular weight is 425 g/mol. The molecule has 1 N–H and O–H groups in total. The van der Waals surface area contributed by atoms with E-state index in [9.17, 15) is 4.79 Å². The Morgan fingerprint density at radius 3 is 2.58 bits per heavy atom. The first-order valence-electron chi connectivity index (χ1n) is 11.8. The summed E-state index contributed by atoms with van der Waals surface area (Å²) in [5.41, 5.74) is 1.17. The Kier molecular flexibility index (Phi) is 7.52. The number of benzene rings is 1. The first kappa shape index (κ1) is 21.8. The highest BCUT2D eigenvalue weighted by Gasteiger charge is 2.30. The molecule has 1 aliphatic carbocycles. The lowest BCUT2D eigenvalue weighted by Gasteiger charge is -2.39. The Balaban J connectivity index is 1.33. The maximum atomic E-state index is 13.4.